The van der Waals surface area contributed by atoms with Gasteiger partial charge in [-0.05, 0) is 37.1 Å². The molecule has 1 heterocycles. The molecule has 1 aliphatic rings. The van der Waals surface area contributed by atoms with Gasteiger partial charge in [0.05, 0.1) is 0 Å². The van der Waals surface area contributed by atoms with Gasteiger partial charge < -0.3 is 5.32 Å². The lowest BCUT2D eigenvalue weighted by Crippen LogP contribution is -2.32. The maximum Gasteiger partial charge on any atom is 0.0307 e. The van der Waals surface area contributed by atoms with E-state index in [0.717, 1.165) is 6.54 Å². The van der Waals surface area contributed by atoms with E-state index in [4.69, 9.17) is 11.6 Å². The molecule has 1 N–H and O–H groups in total. The van der Waals surface area contributed by atoms with Gasteiger partial charge in [-0.15, -0.1) is 23.4 Å². The normalized spacial score (nSPS) is 17.8. The lowest BCUT2D eigenvalue weighted by Gasteiger charge is -2.23. The van der Waals surface area contributed by atoms with Gasteiger partial charge in [0.2, 0.25) is 0 Å². The number of aryl methyl sites for hydroxylation is 1. The second-order valence-corrected chi connectivity index (χ2v) is 6.02. The quantitative estimate of drug-likeness (QED) is 0.819. The van der Waals surface area contributed by atoms with Gasteiger partial charge in [0.15, 0.2) is 0 Å². The molecular weight excluding hydrogens is 250 g/mol. The molecule has 1 aliphatic heterocycles. The lowest BCUT2D eigenvalue weighted by molar-refractivity contribution is 0.497. The first-order valence-electron chi connectivity index (χ1n) is 6.31. The van der Waals surface area contributed by atoms with Crippen LogP contribution in [-0.2, 0) is 6.42 Å². The third kappa shape index (κ3) is 2.98. The minimum absolute atomic E-state index is 0.406. The van der Waals surface area contributed by atoms with Gasteiger partial charge >= 0.3 is 0 Å². The second kappa shape index (κ2) is 6.12. The largest absolute Gasteiger partial charge is 0.314 e. The molecular formula is C14H20ClNS. The van der Waals surface area contributed by atoms with Crippen molar-refractivity contribution >= 4 is 23.4 Å². The standard InChI is InChI=1S/C14H20ClNS/c1-3-16-10(2)13(9-15)12-5-4-11-6-7-17-14(11)8-12/h4-5,8,10,13,16H,3,6-7,9H2,1-2H3. The number of hydrogen-bond donors (Lipinski definition) is 1. The van der Waals surface area contributed by atoms with Gasteiger partial charge in [0, 0.05) is 28.5 Å². The number of hydrogen-bond acceptors (Lipinski definition) is 2. The Kier molecular flexibility index (Phi) is 4.78. The molecule has 0 bridgehead atoms. The fourth-order valence-electron chi connectivity index (χ4n) is 2.39. The third-order valence-electron chi connectivity index (χ3n) is 3.44. The van der Waals surface area contributed by atoms with Crippen LogP contribution in [0, 0.1) is 0 Å². The smallest absolute Gasteiger partial charge is 0.0307 e. The number of nitrogens with one attached hydrogen (secondary N) is 1. The van der Waals surface area contributed by atoms with Crippen LogP contribution >= 0.6 is 23.4 Å². The zero-order valence-electron chi connectivity index (χ0n) is 10.5. The van der Waals surface area contributed by atoms with Gasteiger partial charge in [-0.25, -0.2) is 0 Å². The zero-order valence-corrected chi connectivity index (χ0v) is 12.1. The molecule has 0 fully saturated rings. The van der Waals surface area contributed by atoms with Crippen LogP contribution in [0.2, 0.25) is 0 Å². The number of alkyl halides is 1. The van der Waals surface area contributed by atoms with E-state index >= 15 is 0 Å². The summed E-state index contributed by atoms with van der Waals surface area (Å²) in [5.74, 6) is 2.31. The van der Waals surface area contributed by atoms with E-state index in [2.05, 4.69) is 37.4 Å². The molecule has 0 aromatic heterocycles. The summed E-state index contributed by atoms with van der Waals surface area (Å²) in [4.78, 5) is 1.46. The third-order valence-corrected chi connectivity index (χ3v) is 4.88. The summed E-state index contributed by atoms with van der Waals surface area (Å²) < 4.78 is 0. The van der Waals surface area contributed by atoms with Crippen molar-refractivity contribution in [3.63, 3.8) is 0 Å². The Hall–Kier alpha value is -0.180. The summed E-state index contributed by atoms with van der Waals surface area (Å²) in [5, 5.41) is 3.47. The summed E-state index contributed by atoms with van der Waals surface area (Å²) in [6.07, 6.45) is 1.22. The summed E-state index contributed by atoms with van der Waals surface area (Å²) in [6, 6.07) is 7.31. The molecule has 1 aromatic carbocycles. The summed E-state index contributed by atoms with van der Waals surface area (Å²) in [7, 11) is 0. The maximum atomic E-state index is 6.14. The molecule has 0 saturated heterocycles. The van der Waals surface area contributed by atoms with Gasteiger partial charge in [0.1, 0.15) is 0 Å². The van der Waals surface area contributed by atoms with Crippen molar-refractivity contribution in [2.24, 2.45) is 0 Å². The average molecular weight is 270 g/mol. The summed E-state index contributed by atoms with van der Waals surface area (Å²) in [5.41, 5.74) is 2.88. The highest BCUT2D eigenvalue weighted by molar-refractivity contribution is 7.99. The predicted molar refractivity (Wildman–Crippen MR) is 77.5 cm³/mol. The molecule has 0 saturated carbocycles. The lowest BCUT2D eigenvalue weighted by atomic mass is 9.93. The molecule has 0 radical (unpaired) electrons. The number of benzene rings is 1. The van der Waals surface area contributed by atoms with Gasteiger partial charge in [-0.2, -0.15) is 0 Å². The highest BCUT2D eigenvalue weighted by Gasteiger charge is 2.20. The molecule has 0 spiro atoms. The van der Waals surface area contributed by atoms with E-state index < -0.39 is 0 Å². The molecule has 2 unspecified atom stereocenters. The first-order valence-corrected chi connectivity index (χ1v) is 7.83. The number of thioether (sulfide) groups is 1. The Morgan fingerprint density at radius 3 is 3.00 bits per heavy atom. The fourth-order valence-corrected chi connectivity index (χ4v) is 3.95. The maximum absolute atomic E-state index is 6.14. The molecule has 94 valence electrons. The van der Waals surface area contributed by atoms with Crippen LogP contribution in [0.25, 0.3) is 0 Å². The first-order chi connectivity index (χ1) is 8.26. The van der Waals surface area contributed by atoms with Crippen LogP contribution in [0.1, 0.15) is 30.9 Å². The van der Waals surface area contributed by atoms with Gasteiger partial charge in [-0.1, -0.05) is 19.1 Å². The van der Waals surface area contributed by atoms with Crippen molar-refractivity contribution in [1.82, 2.24) is 5.32 Å². The van der Waals surface area contributed by atoms with Crippen molar-refractivity contribution in [2.75, 3.05) is 18.2 Å². The fraction of sp³-hybridized carbons (Fsp3) is 0.571. The van der Waals surface area contributed by atoms with Crippen molar-refractivity contribution in [2.45, 2.75) is 37.1 Å². The summed E-state index contributed by atoms with van der Waals surface area (Å²) in [6.45, 7) is 5.35. The van der Waals surface area contributed by atoms with E-state index in [1.807, 2.05) is 11.8 Å². The Labute approximate surface area is 113 Å². The Morgan fingerprint density at radius 1 is 1.47 bits per heavy atom. The minimum Gasteiger partial charge on any atom is -0.314 e. The molecule has 17 heavy (non-hydrogen) atoms. The van der Waals surface area contributed by atoms with E-state index in [1.54, 1.807) is 0 Å². The monoisotopic (exact) mass is 269 g/mol. The van der Waals surface area contributed by atoms with E-state index in [9.17, 15) is 0 Å². The number of fused-ring (bicyclic) bond motifs is 1. The number of halogens is 1. The Balaban J connectivity index is 2.19. The van der Waals surface area contributed by atoms with E-state index in [1.165, 1.54) is 28.2 Å². The van der Waals surface area contributed by atoms with Crippen LogP contribution in [-0.4, -0.2) is 24.2 Å². The van der Waals surface area contributed by atoms with Crippen LogP contribution in [0.4, 0.5) is 0 Å². The van der Waals surface area contributed by atoms with Gasteiger partial charge in [0.25, 0.3) is 0 Å². The minimum atomic E-state index is 0.406. The Bertz CT molecular complexity index is 380. The highest BCUT2D eigenvalue weighted by atomic mass is 35.5. The second-order valence-electron chi connectivity index (χ2n) is 4.57. The van der Waals surface area contributed by atoms with Crippen LogP contribution in [0.15, 0.2) is 23.1 Å². The topological polar surface area (TPSA) is 12.0 Å². The van der Waals surface area contributed by atoms with Crippen molar-refractivity contribution in [3.05, 3.63) is 29.3 Å². The molecule has 3 heteroatoms. The van der Waals surface area contributed by atoms with E-state index in [0.29, 0.717) is 17.8 Å². The molecule has 0 amide bonds. The summed E-state index contributed by atoms with van der Waals surface area (Å²) >= 11 is 8.11. The van der Waals surface area contributed by atoms with E-state index in [-0.39, 0.29) is 0 Å². The van der Waals surface area contributed by atoms with Crippen LogP contribution < -0.4 is 5.32 Å². The molecule has 0 aliphatic carbocycles. The Morgan fingerprint density at radius 2 is 2.29 bits per heavy atom. The average Bonchev–Trinajstić information content (AvgIpc) is 2.77. The predicted octanol–water partition coefficient (Wildman–Crippen LogP) is 3.66. The van der Waals surface area contributed by atoms with Crippen LogP contribution in [0.5, 0.6) is 0 Å². The van der Waals surface area contributed by atoms with Crippen molar-refractivity contribution in [1.29, 1.82) is 0 Å². The van der Waals surface area contributed by atoms with Crippen molar-refractivity contribution < 1.29 is 0 Å². The molecule has 2 rings (SSSR count). The zero-order chi connectivity index (χ0) is 12.3. The molecule has 1 aromatic rings. The number of likely N-dealkylation sites (N-methyl/N-ethyl adjacent to an activating group) is 1. The highest BCUT2D eigenvalue weighted by Crippen LogP contribution is 2.34. The number of rotatable bonds is 5. The van der Waals surface area contributed by atoms with Crippen molar-refractivity contribution in [3.8, 4) is 0 Å². The molecule has 1 nitrogen and oxygen atoms in total. The van der Waals surface area contributed by atoms with Crippen LogP contribution in [0.3, 0.4) is 0 Å². The SMILES string of the molecule is CCNC(C)C(CCl)c1ccc2c(c1)SCC2. The first kappa shape index (κ1) is 13.3. The molecule has 2 atom stereocenters. The van der Waals surface area contributed by atoms with Gasteiger partial charge in [-0.3, -0.25) is 0 Å².